The molecule has 0 atom stereocenters. The summed E-state index contributed by atoms with van der Waals surface area (Å²) < 4.78 is 0. The zero-order chi connectivity index (χ0) is 13.5. The van der Waals surface area contributed by atoms with E-state index in [0.29, 0.717) is 17.7 Å². The van der Waals surface area contributed by atoms with Gasteiger partial charge in [0, 0.05) is 19.3 Å². The minimum Gasteiger partial charge on any atom is -0.423 e. The van der Waals surface area contributed by atoms with Crippen molar-refractivity contribution >= 4 is 24.3 Å². The largest absolute Gasteiger partial charge is 0.488 e. The summed E-state index contributed by atoms with van der Waals surface area (Å²) >= 11 is 0. The number of carbonyl (C=O) groups is 1. The van der Waals surface area contributed by atoms with Crippen molar-refractivity contribution in [2.45, 2.75) is 19.8 Å². The van der Waals surface area contributed by atoms with Gasteiger partial charge in [-0.1, -0.05) is 25.5 Å². The van der Waals surface area contributed by atoms with Crippen molar-refractivity contribution in [2.75, 3.05) is 18.5 Å². The Labute approximate surface area is 108 Å². The van der Waals surface area contributed by atoms with Crippen molar-refractivity contribution in [1.82, 2.24) is 5.32 Å². The SMILES string of the molecule is CCCCN(C(=O)NC)c1cccc(B(O)O)c1. The molecule has 0 bridgehead atoms. The highest BCUT2D eigenvalue weighted by atomic mass is 16.4. The first kappa shape index (κ1) is 14.5. The molecule has 0 aliphatic heterocycles. The van der Waals surface area contributed by atoms with Crippen LogP contribution >= 0.6 is 0 Å². The number of unbranched alkanes of at least 4 members (excludes halogenated alkanes) is 1. The molecule has 5 nitrogen and oxygen atoms in total. The maximum absolute atomic E-state index is 11.8. The van der Waals surface area contributed by atoms with Gasteiger partial charge in [-0.2, -0.15) is 0 Å². The molecule has 1 aromatic rings. The molecule has 0 aromatic heterocycles. The van der Waals surface area contributed by atoms with Gasteiger partial charge in [0.1, 0.15) is 0 Å². The summed E-state index contributed by atoms with van der Waals surface area (Å²) in [5.41, 5.74) is 1.03. The smallest absolute Gasteiger partial charge is 0.423 e. The second kappa shape index (κ2) is 7.03. The van der Waals surface area contributed by atoms with E-state index in [1.807, 2.05) is 0 Å². The molecule has 0 saturated carbocycles. The first-order valence-electron chi connectivity index (χ1n) is 6.05. The van der Waals surface area contributed by atoms with Crippen LogP contribution in [0.25, 0.3) is 0 Å². The Bertz CT molecular complexity index is 399. The highest BCUT2D eigenvalue weighted by molar-refractivity contribution is 6.58. The molecule has 0 unspecified atom stereocenters. The lowest BCUT2D eigenvalue weighted by Crippen LogP contribution is -2.40. The third-order valence-corrected chi connectivity index (χ3v) is 2.67. The van der Waals surface area contributed by atoms with E-state index in [2.05, 4.69) is 12.2 Å². The molecule has 98 valence electrons. The van der Waals surface area contributed by atoms with E-state index in [0.717, 1.165) is 12.8 Å². The van der Waals surface area contributed by atoms with Gasteiger partial charge in [0.25, 0.3) is 0 Å². The molecule has 0 heterocycles. The molecular formula is C12H19BN2O3. The van der Waals surface area contributed by atoms with Crippen LogP contribution in [0.3, 0.4) is 0 Å². The van der Waals surface area contributed by atoms with E-state index in [1.165, 1.54) is 0 Å². The number of carbonyl (C=O) groups excluding carboxylic acids is 1. The van der Waals surface area contributed by atoms with Crippen molar-refractivity contribution in [1.29, 1.82) is 0 Å². The Kier molecular flexibility index (Phi) is 5.68. The van der Waals surface area contributed by atoms with Crippen molar-refractivity contribution in [3.8, 4) is 0 Å². The second-order valence-corrected chi connectivity index (χ2v) is 4.03. The number of benzene rings is 1. The lowest BCUT2D eigenvalue weighted by atomic mass is 9.80. The Balaban J connectivity index is 2.96. The van der Waals surface area contributed by atoms with Crippen molar-refractivity contribution in [2.24, 2.45) is 0 Å². The number of amides is 2. The van der Waals surface area contributed by atoms with Gasteiger partial charge in [-0.25, -0.2) is 4.79 Å². The van der Waals surface area contributed by atoms with Crippen molar-refractivity contribution in [3.05, 3.63) is 24.3 Å². The monoisotopic (exact) mass is 250 g/mol. The number of anilines is 1. The van der Waals surface area contributed by atoms with Crippen LogP contribution in [0.2, 0.25) is 0 Å². The van der Waals surface area contributed by atoms with E-state index in [4.69, 9.17) is 10.0 Å². The molecule has 0 spiro atoms. The molecule has 0 fully saturated rings. The van der Waals surface area contributed by atoms with Crippen LogP contribution in [0.15, 0.2) is 24.3 Å². The fourth-order valence-corrected chi connectivity index (χ4v) is 1.65. The molecule has 3 N–H and O–H groups in total. The Morgan fingerprint density at radius 2 is 2.17 bits per heavy atom. The Hall–Kier alpha value is -1.53. The van der Waals surface area contributed by atoms with Crippen LogP contribution < -0.4 is 15.7 Å². The molecule has 6 heteroatoms. The minimum atomic E-state index is -1.53. The van der Waals surface area contributed by atoms with Crippen LogP contribution in [0.5, 0.6) is 0 Å². The zero-order valence-corrected chi connectivity index (χ0v) is 10.8. The Morgan fingerprint density at radius 1 is 1.44 bits per heavy atom. The van der Waals surface area contributed by atoms with E-state index >= 15 is 0 Å². The molecule has 18 heavy (non-hydrogen) atoms. The first-order valence-corrected chi connectivity index (χ1v) is 6.05. The van der Waals surface area contributed by atoms with Crippen LogP contribution in [-0.2, 0) is 0 Å². The maximum Gasteiger partial charge on any atom is 0.488 e. The first-order chi connectivity index (χ1) is 8.60. The summed E-state index contributed by atoms with van der Waals surface area (Å²) in [6, 6.07) is 6.49. The number of rotatable bonds is 5. The number of urea groups is 1. The number of hydrogen-bond acceptors (Lipinski definition) is 3. The maximum atomic E-state index is 11.8. The van der Waals surface area contributed by atoms with Crippen LogP contribution in [-0.4, -0.2) is 36.8 Å². The third-order valence-electron chi connectivity index (χ3n) is 2.67. The van der Waals surface area contributed by atoms with Crippen LogP contribution in [0.4, 0.5) is 10.5 Å². The summed E-state index contributed by atoms with van der Waals surface area (Å²) in [5, 5.41) is 20.9. The number of nitrogens with one attached hydrogen (secondary N) is 1. The van der Waals surface area contributed by atoms with Gasteiger partial charge in [-0.05, 0) is 24.0 Å². The molecule has 1 aromatic carbocycles. The van der Waals surface area contributed by atoms with E-state index in [1.54, 1.807) is 36.2 Å². The molecule has 0 saturated heterocycles. The van der Waals surface area contributed by atoms with E-state index in [9.17, 15) is 4.79 Å². The Morgan fingerprint density at radius 3 is 2.72 bits per heavy atom. The second-order valence-electron chi connectivity index (χ2n) is 4.03. The minimum absolute atomic E-state index is 0.201. The molecule has 0 aliphatic carbocycles. The average Bonchev–Trinajstić information content (AvgIpc) is 2.39. The summed E-state index contributed by atoms with van der Waals surface area (Å²) in [6.45, 7) is 2.65. The third kappa shape index (κ3) is 3.75. The lowest BCUT2D eigenvalue weighted by Gasteiger charge is -2.22. The van der Waals surface area contributed by atoms with Gasteiger partial charge >= 0.3 is 13.1 Å². The van der Waals surface area contributed by atoms with Crippen LogP contribution in [0, 0.1) is 0 Å². The molecule has 0 radical (unpaired) electrons. The summed E-state index contributed by atoms with van der Waals surface area (Å²) in [4.78, 5) is 13.4. The predicted molar refractivity (Wildman–Crippen MR) is 73.0 cm³/mol. The summed E-state index contributed by atoms with van der Waals surface area (Å²) in [6.07, 6.45) is 1.87. The quantitative estimate of drug-likeness (QED) is 0.658. The van der Waals surface area contributed by atoms with Gasteiger partial charge in [-0.15, -0.1) is 0 Å². The average molecular weight is 250 g/mol. The fraction of sp³-hybridized carbons (Fsp3) is 0.417. The summed E-state index contributed by atoms with van der Waals surface area (Å²) in [5.74, 6) is 0. The predicted octanol–water partition coefficient (Wildman–Crippen LogP) is 0.312. The highest BCUT2D eigenvalue weighted by Gasteiger charge is 2.17. The van der Waals surface area contributed by atoms with Crippen LogP contribution in [0.1, 0.15) is 19.8 Å². The van der Waals surface area contributed by atoms with Crippen molar-refractivity contribution in [3.63, 3.8) is 0 Å². The lowest BCUT2D eigenvalue weighted by molar-refractivity contribution is 0.248. The zero-order valence-electron chi connectivity index (χ0n) is 10.8. The topological polar surface area (TPSA) is 72.8 Å². The van der Waals surface area contributed by atoms with Gasteiger partial charge in [0.2, 0.25) is 0 Å². The normalized spacial score (nSPS) is 10.0. The standard InChI is InChI=1S/C12H19BN2O3/c1-3-4-8-15(12(16)14-2)11-7-5-6-10(9-11)13(17)18/h5-7,9,17-18H,3-4,8H2,1-2H3,(H,14,16). The highest BCUT2D eigenvalue weighted by Crippen LogP contribution is 2.13. The van der Waals surface area contributed by atoms with Gasteiger partial charge in [0.05, 0.1) is 0 Å². The summed E-state index contributed by atoms with van der Waals surface area (Å²) in [7, 11) is 0.0501. The van der Waals surface area contributed by atoms with Gasteiger partial charge < -0.3 is 15.4 Å². The molecular weight excluding hydrogens is 231 g/mol. The molecule has 2 amide bonds. The number of nitrogens with zero attached hydrogens (tertiary/aromatic N) is 1. The molecule has 1 rings (SSSR count). The van der Waals surface area contributed by atoms with Crippen molar-refractivity contribution < 1.29 is 14.8 Å². The van der Waals surface area contributed by atoms with E-state index < -0.39 is 7.12 Å². The fourth-order valence-electron chi connectivity index (χ4n) is 1.65. The van der Waals surface area contributed by atoms with E-state index in [-0.39, 0.29) is 6.03 Å². The van der Waals surface area contributed by atoms with Gasteiger partial charge in [-0.3, -0.25) is 4.90 Å². The van der Waals surface area contributed by atoms with Gasteiger partial charge in [0.15, 0.2) is 0 Å². The molecule has 0 aliphatic rings. The number of hydrogen-bond donors (Lipinski definition) is 3.